The number of fused-ring (bicyclic) bond motifs is 1. The summed E-state index contributed by atoms with van der Waals surface area (Å²) in [5, 5.41) is 2.97. The fourth-order valence-corrected chi connectivity index (χ4v) is 4.87. The van der Waals surface area contributed by atoms with E-state index in [1.165, 1.54) is 5.56 Å². The number of nitrogens with zero attached hydrogens (tertiary/aromatic N) is 2. The van der Waals surface area contributed by atoms with Gasteiger partial charge >= 0.3 is 0 Å². The lowest BCUT2D eigenvalue weighted by molar-refractivity contribution is -0.132. The van der Waals surface area contributed by atoms with E-state index < -0.39 is 17.4 Å². The number of rotatable bonds is 5. The van der Waals surface area contributed by atoms with Gasteiger partial charge in [-0.3, -0.25) is 14.6 Å². The maximum absolute atomic E-state index is 13.4. The monoisotopic (exact) mass is 403 g/mol. The molecule has 154 valence electrons. The maximum atomic E-state index is 13.4. The van der Waals surface area contributed by atoms with Crippen molar-refractivity contribution in [3.05, 3.63) is 72.1 Å². The number of amides is 2. The molecule has 5 rings (SSSR count). The van der Waals surface area contributed by atoms with Crippen molar-refractivity contribution in [3.8, 4) is 0 Å². The number of benzene rings is 1. The molecule has 4 heterocycles. The van der Waals surface area contributed by atoms with Crippen LogP contribution in [0.3, 0.4) is 0 Å². The molecule has 2 bridgehead atoms. The molecule has 0 saturated carbocycles. The lowest BCUT2D eigenvalue weighted by Gasteiger charge is -2.23. The van der Waals surface area contributed by atoms with Crippen molar-refractivity contribution in [2.24, 2.45) is 11.8 Å². The molecule has 0 radical (unpaired) electrons. The van der Waals surface area contributed by atoms with Gasteiger partial charge in [-0.2, -0.15) is 0 Å². The van der Waals surface area contributed by atoms with Gasteiger partial charge in [0.05, 0.1) is 24.5 Å². The fraction of sp³-hybridized carbons (Fsp3) is 0.375. The molecule has 4 atom stereocenters. The van der Waals surface area contributed by atoms with Crippen molar-refractivity contribution in [2.75, 3.05) is 11.4 Å². The van der Waals surface area contributed by atoms with Crippen LogP contribution < -0.4 is 10.2 Å². The Hall–Kier alpha value is -2.99. The van der Waals surface area contributed by atoms with Crippen molar-refractivity contribution in [1.82, 2.24) is 10.3 Å². The second-order valence-electron chi connectivity index (χ2n) is 8.65. The third kappa shape index (κ3) is 2.94. The maximum Gasteiger partial charge on any atom is 0.234 e. The summed E-state index contributed by atoms with van der Waals surface area (Å²) in [6, 6.07) is 11.8. The van der Waals surface area contributed by atoms with Crippen LogP contribution in [0.2, 0.25) is 0 Å². The number of hydrogen-bond donors (Lipinski definition) is 1. The molecule has 1 N–H and O–H groups in total. The minimum Gasteiger partial charge on any atom is -0.360 e. The molecule has 3 aliphatic rings. The van der Waals surface area contributed by atoms with E-state index in [1.807, 2.05) is 36.4 Å². The first-order valence-electron chi connectivity index (χ1n) is 10.4. The highest BCUT2D eigenvalue weighted by Gasteiger charge is 2.67. The van der Waals surface area contributed by atoms with Crippen molar-refractivity contribution >= 4 is 17.5 Å². The molecular weight excluding hydrogens is 378 g/mol. The quantitative estimate of drug-likeness (QED) is 0.780. The molecule has 0 aliphatic carbocycles. The summed E-state index contributed by atoms with van der Waals surface area (Å²) in [7, 11) is 0. The molecule has 1 spiro atoms. The standard InChI is InChI=1S/C24H25N3O3/c1-15(2)17-5-7-18(8-6-17)27-14-24-10-9-19(30-24)20(21(24)23(27)29)22(28)26-13-16-4-3-11-25-12-16/h3-12,15,19-21H,13-14H2,1-2H3,(H,26,28)/t19-,20+,21-,24-/m1/s1. The van der Waals surface area contributed by atoms with Gasteiger partial charge in [-0.1, -0.05) is 44.2 Å². The van der Waals surface area contributed by atoms with Crippen LogP contribution in [0, 0.1) is 11.8 Å². The molecule has 2 amide bonds. The largest absolute Gasteiger partial charge is 0.360 e. The zero-order chi connectivity index (χ0) is 20.9. The number of anilines is 1. The van der Waals surface area contributed by atoms with Crippen LogP contribution in [0.4, 0.5) is 5.69 Å². The van der Waals surface area contributed by atoms with Gasteiger partial charge in [-0.05, 0) is 35.2 Å². The summed E-state index contributed by atoms with van der Waals surface area (Å²) >= 11 is 0. The summed E-state index contributed by atoms with van der Waals surface area (Å²) in [5.41, 5.74) is 2.29. The smallest absolute Gasteiger partial charge is 0.234 e. The SMILES string of the molecule is CC(C)c1ccc(N2C[C@@]34C=C[C@@H](O3)[C@H](C(=O)NCc3cccnc3)[C@@H]4C2=O)cc1. The molecule has 2 saturated heterocycles. The molecule has 1 aromatic carbocycles. The molecule has 2 fully saturated rings. The van der Waals surface area contributed by atoms with Gasteiger partial charge in [0, 0.05) is 24.6 Å². The van der Waals surface area contributed by atoms with Crippen LogP contribution in [0.15, 0.2) is 60.9 Å². The second kappa shape index (κ2) is 7.06. The molecule has 3 aliphatic heterocycles. The highest BCUT2D eigenvalue weighted by atomic mass is 16.5. The number of aromatic nitrogens is 1. The zero-order valence-corrected chi connectivity index (χ0v) is 17.1. The summed E-state index contributed by atoms with van der Waals surface area (Å²) in [4.78, 5) is 32.3. The Labute approximate surface area is 175 Å². The molecule has 1 aromatic heterocycles. The lowest BCUT2D eigenvalue weighted by atomic mass is 9.77. The summed E-state index contributed by atoms with van der Waals surface area (Å²) in [5.74, 6) is -0.766. The van der Waals surface area contributed by atoms with Crippen LogP contribution >= 0.6 is 0 Å². The minimum atomic E-state index is -0.714. The van der Waals surface area contributed by atoms with Crippen molar-refractivity contribution in [1.29, 1.82) is 0 Å². The number of carbonyl (C=O) groups is 2. The van der Waals surface area contributed by atoms with Gasteiger partial charge in [0.1, 0.15) is 5.60 Å². The van der Waals surface area contributed by atoms with Gasteiger partial charge in [0.2, 0.25) is 11.8 Å². The third-order valence-electron chi connectivity index (χ3n) is 6.46. The van der Waals surface area contributed by atoms with Crippen LogP contribution in [-0.2, 0) is 20.9 Å². The van der Waals surface area contributed by atoms with E-state index in [1.54, 1.807) is 17.3 Å². The number of nitrogens with one attached hydrogen (secondary N) is 1. The Balaban J connectivity index is 1.36. The van der Waals surface area contributed by atoms with Crippen LogP contribution in [0.25, 0.3) is 0 Å². The van der Waals surface area contributed by atoms with E-state index in [0.717, 1.165) is 11.3 Å². The van der Waals surface area contributed by atoms with Gasteiger partial charge in [0.15, 0.2) is 0 Å². The lowest BCUT2D eigenvalue weighted by Crippen LogP contribution is -2.44. The van der Waals surface area contributed by atoms with Crippen LogP contribution in [-0.4, -0.2) is 35.0 Å². The molecule has 0 unspecified atom stereocenters. The Morgan fingerprint density at radius 3 is 2.80 bits per heavy atom. The third-order valence-corrected chi connectivity index (χ3v) is 6.46. The average molecular weight is 403 g/mol. The first-order chi connectivity index (χ1) is 14.5. The average Bonchev–Trinajstić information content (AvgIpc) is 3.41. The Morgan fingerprint density at radius 2 is 2.10 bits per heavy atom. The molecule has 6 nitrogen and oxygen atoms in total. The first-order valence-corrected chi connectivity index (χ1v) is 10.4. The first kappa shape index (κ1) is 19.0. The van der Waals surface area contributed by atoms with Gasteiger partial charge in [0.25, 0.3) is 0 Å². The van der Waals surface area contributed by atoms with Crippen LogP contribution in [0.5, 0.6) is 0 Å². The van der Waals surface area contributed by atoms with Gasteiger partial charge < -0.3 is 15.0 Å². The van der Waals surface area contributed by atoms with E-state index in [2.05, 4.69) is 36.3 Å². The van der Waals surface area contributed by atoms with E-state index >= 15 is 0 Å². The summed E-state index contributed by atoms with van der Waals surface area (Å²) in [6.07, 6.45) is 6.99. The van der Waals surface area contributed by atoms with E-state index in [-0.39, 0.29) is 17.9 Å². The van der Waals surface area contributed by atoms with E-state index in [4.69, 9.17) is 4.74 Å². The Morgan fingerprint density at radius 1 is 1.30 bits per heavy atom. The second-order valence-corrected chi connectivity index (χ2v) is 8.65. The molecular formula is C24H25N3O3. The highest BCUT2D eigenvalue weighted by molar-refractivity contribution is 6.03. The normalized spacial score (nSPS) is 29.0. The molecule has 2 aromatic rings. The summed E-state index contributed by atoms with van der Waals surface area (Å²) < 4.78 is 6.21. The van der Waals surface area contributed by atoms with E-state index in [0.29, 0.717) is 19.0 Å². The number of ether oxygens (including phenoxy) is 1. The van der Waals surface area contributed by atoms with Crippen molar-refractivity contribution < 1.29 is 14.3 Å². The topological polar surface area (TPSA) is 71.5 Å². The van der Waals surface area contributed by atoms with Crippen molar-refractivity contribution in [3.63, 3.8) is 0 Å². The summed E-state index contributed by atoms with van der Waals surface area (Å²) in [6.45, 7) is 5.11. The Bertz CT molecular complexity index is 1000. The number of pyridine rings is 1. The predicted molar refractivity (Wildman–Crippen MR) is 113 cm³/mol. The highest BCUT2D eigenvalue weighted by Crippen LogP contribution is 2.52. The van der Waals surface area contributed by atoms with E-state index in [9.17, 15) is 9.59 Å². The van der Waals surface area contributed by atoms with Crippen molar-refractivity contribution in [2.45, 2.75) is 38.0 Å². The number of hydrogen-bond acceptors (Lipinski definition) is 4. The minimum absolute atomic E-state index is 0.0410. The van der Waals surface area contributed by atoms with Crippen LogP contribution in [0.1, 0.15) is 30.9 Å². The predicted octanol–water partition coefficient (Wildman–Crippen LogP) is 2.81. The van der Waals surface area contributed by atoms with Gasteiger partial charge in [-0.25, -0.2) is 0 Å². The molecule has 30 heavy (non-hydrogen) atoms. The number of carbonyl (C=O) groups excluding carboxylic acids is 2. The zero-order valence-electron chi connectivity index (χ0n) is 17.1. The Kier molecular flexibility index (Phi) is 4.47. The van der Waals surface area contributed by atoms with Gasteiger partial charge in [-0.15, -0.1) is 0 Å². The fourth-order valence-electron chi connectivity index (χ4n) is 4.87. The molecule has 6 heteroatoms.